The number of carbonyl (C=O) groups excluding carboxylic acids is 4. The SMILES string of the molecule is CC(C)(C)c1cc(CCC(=O)NCCCCCCNC(=O)CCc2cc(C(C)(C)C)c(O)c(C(C)(C)C)c2)cc(C(C)(C)C)c1O.CC(C)(C)c1cc(CCC(=O)NCCCNC(=O)CCc2cc(C(C)(C)C)c(O)c(C(C)(C)C)c2)cc(C(C)(C)C)c1O. The fraction of sp³-hybridized carbons (Fsp3) is 0.636. The number of aryl methyl sites for hydroxylation is 4. The molecule has 4 aromatic rings. The minimum absolute atomic E-state index is 0.0225. The Hall–Kier alpha value is -6.04. The van der Waals surface area contributed by atoms with Crippen LogP contribution in [0.25, 0.3) is 0 Å². The molecular weight excluding hydrogens is 1110 g/mol. The molecule has 0 bridgehead atoms. The molecule has 498 valence electrons. The molecule has 12 heteroatoms. The molecule has 12 nitrogen and oxygen atoms in total. The molecule has 0 heterocycles. The van der Waals surface area contributed by atoms with Crippen LogP contribution in [-0.2, 0) is 88.2 Å². The molecule has 0 radical (unpaired) electrons. The highest BCUT2D eigenvalue weighted by molar-refractivity contribution is 5.78. The number of amides is 4. The summed E-state index contributed by atoms with van der Waals surface area (Å²) in [5.41, 5.74) is 9.99. The summed E-state index contributed by atoms with van der Waals surface area (Å²) in [6, 6.07) is 16.3. The van der Waals surface area contributed by atoms with E-state index in [-0.39, 0.29) is 66.9 Å². The zero-order valence-electron chi connectivity index (χ0n) is 60.1. The zero-order valence-corrected chi connectivity index (χ0v) is 60.1. The summed E-state index contributed by atoms with van der Waals surface area (Å²) in [7, 11) is 0. The number of rotatable bonds is 23. The van der Waals surface area contributed by atoms with Crippen molar-refractivity contribution in [1.82, 2.24) is 21.3 Å². The number of aromatic hydroxyl groups is 4. The summed E-state index contributed by atoms with van der Waals surface area (Å²) in [5, 5.41) is 55.8. The molecule has 0 atom stereocenters. The number of unbranched alkanes of at least 4 members (excludes halogenated alkanes) is 3. The third-order valence-corrected chi connectivity index (χ3v) is 16.5. The van der Waals surface area contributed by atoms with Gasteiger partial charge in [-0.25, -0.2) is 0 Å². The first kappa shape index (κ1) is 77.2. The number of hydrogen-bond acceptors (Lipinski definition) is 8. The van der Waals surface area contributed by atoms with Crippen LogP contribution < -0.4 is 21.3 Å². The number of phenolic OH excluding ortho intramolecular Hbond substituents is 4. The van der Waals surface area contributed by atoms with Gasteiger partial charge in [0.05, 0.1) is 0 Å². The van der Waals surface area contributed by atoms with Crippen LogP contribution in [0, 0.1) is 0 Å². The summed E-state index contributed by atoms with van der Waals surface area (Å²) in [4.78, 5) is 50.2. The quantitative estimate of drug-likeness (QED) is 0.0336. The van der Waals surface area contributed by atoms with Gasteiger partial charge in [0.25, 0.3) is 0 Å². The van der Waals surface area contributed by atoms with E-state index in [1.807, 2.05) is 24.3 Å². The third-order valence-electron chi connectivity index (χ3n) is 16.5. The van der Waals surface area contributed by atoms with Crippen LogP contribution in [0.3, 0.4) is 0 Å². The molecular formula is C77H122N4O8. The molecule has 8 N–H and O–H groups in total. The van der Waals surface area contributed by atoms with E-state index in [2.05, 4.69) is 212 Å². The monoisotopic (exact) mass is 1230 g/mol. The van der Waals surface area contributed by atoms with Crippen LogP contribution in [0.4, 0.5) is 0 Å². The second kappa shape index (κ2) is 31.3. The molecule has 0 aliphatic carbocycles. The minimum atomic E-state index is -0.207. The smallest absolute Gasteiger partial charge is 0.220 e. The van der Waals surface area contributed by atoms with Crippen LogP contribution in [0.5, 0.6) is 23.0 Å². The van der Waals surface area contributed by atoms with E-state index in [0.717, 1.165) is 92.4 Å². The van der Waals surface area contributed by atoms with Crippen molar-refractivity contribution in [3.63, 3.8) is 0 Å². The van der Waals surface area contributed by atoms with Gasteiger partial charge < -0.3 is 41.7 Å². The first-order valence-electron chi connectivity index (χ1n) is 33.1. The van der Waals surface area contributed by atoms with Crippen LogP contribution in [-0.4, -0.2) is 70.2 Å². The van der Waals surface area contributed by atoms with Crippen molar-refractivity contribution in [3.8, 4) is 23.0 Å². The van der Waals surface area contributed by atoms with Crippen molar-refractivity contribution in [2.75, 3.05) is 26.2 Å². The topological polar surface area (TPSA) is 197 Å². The highest BCUT2D eigenvalue weighted by Crippen LogP contribution is 2.44. The van der Waals surface area contributed by atoms with Gasteiger partial charge in [-0.2, -0.15) is 0 Å². The number of carbonyl (C=O) groups is 4. The lowest BCUT2D eigenvalue weighted by Gasteiger charge is -2.28. The Balaban J connectivity index is 0.000000466. The molecule has 0 unspecified atom stereocenters. The van der Waals surface area contributed by atoms with Crippen LogP contribution in [0.15, 0.2) is 48.5 Å². The third kappa shape index (κ3) is 24.9. The van der Waals surface area contributed by atoms with E-state index in [4.69, 9.17) is 0 Å². The van der Waals surface area contributed by atoms with E-state index < -0.39 is 0 Å². The zero-order chi connectivity index (χ0) is 68.1. The highest BCUT2D eigenvalue weighted by Gasteiger charge is 2.31. The summed E-state index contributed by atoms with van der Waals surface area (Å²) >= 11 is 0. The molecule has 0 aliphatic rings. The lowest BCUT2D eigenvalue weighted by Crippen LogP contribution is -2.30. The van der Waals surface area contributed by atoms with E-state index in [9.17, 15) is 39.6 Å². The molecule has 0 spiro atoms. The Morgan fingerprint density at radius 3 is 0.551 bits per heavy atom. The fourth-order valence-corrected chi connectivity index (χ4v) is 10.9. The maximum absolute atomic E-state index is 12.6. The Bertz CT molecular complexity index is 2680. The van der Waals surface area contributed by atoms with Crippen molar-refractivity contribution in [1.29, 1.82) is 0 Å². The van der Waals surface area contributed by atoms with Crippen molar-refractivity contribution in [2.24, 2.45) is 0 Å². The summed E-state index contributed by atoms with van der Waals surface area (Å²) < 4.78 is 0. The predicted octanol–water partition coefficient (Wildman–Crippen LogP) is 16.1. The van der Waals surface area contributed by atoms with E-state index in [0.29, 0.717) is 107 Å². The van der Waals surface area contributed by atoms with Crippen LogP contribution in [0.2, 0.25) is 0 Å². The van der Waals surface area contributed by atoms with Gasteiger partial charge in [-0.15, -0.1) is 0 Å². The Morgan fingerprint density at radius 1 is 0.258 bits per heavy atom. The lowest BCUT2D eigenvalue weighted by atomic mass is 9.78. The Kier molecular flexibility index (Phi) is 27.2. The molecule has 4 rings (SSSR count). The first-order valence-corrected chi connectivity index (χ1v) is 33.1. The van der Waals surface area contributed by atoms with Gasteiger partial charge in [0.15, 0.2) is 0 Å². The Labute approximate surface area is 539 Å². The van der Waals surface area contributed by atoms with Gasteiger partial charge in [0, 0.05) is 51.9 Å². The summed E-state index contributed by atoms with van der Waals surface area (Å²) in [6.07, 6.45) is 8.51. The molecule has 4 amide bonds. The van der Waals surface area contributed by atoms with Gasteiger partial charge in [0.2, 0.25) is 23.6 Å². The minimum Gasteiger partial charge on any atom is -0.507 e. The predicted molar refractivity (Wildman–Crippen MR) is 370 cm³/mol. The standard InChI is InChI=1S/C40H64N2O4.C37H58N2O4/c1-37(2,3)29-23-27(24-30(35(29)45)38(4,5)6)17-19-33(43)41-21-15-13-14-16-22-42-34(44)20-18-28-25-31(39(7,8)9)36(46)32(26-28)40(10,11)12;1-34(2,3)26-20-24(21-27(32(26)42)35(4,5)6)14-16-30(40)38-18-13-19-39-31(41)17-15-25-22-28(36(7,8)9)33(43)29(23-25)37(10,11)12/h23-26,45-46H,13-22H2,1-12H3,(H,41,43)(H,42,44);20-23,42-43H,13-19H2,1-12H3,(H,38,40)(H,39,41). The fourth-order valence-electron chi connectivity index (χ4n) is 10.9. The average Bonchev–Trinajstić information content (AvgIpc) is 0.854. The summed E-state index contributed by atoms with van der Waals surface area (Å²) in [6.45, 7) is 52.5. The number of phenols is 4. The largest absolute Gasteiger partial charge is 0.507 e. The first-order chi connectivity index (χ1) is 40.5. The van der Waals surface area contributed by atoms with Crippen molar-refractivity contribution in [3.05, 3.63) is 115 Å². The van der Waals surface area contributed by atoms with E-state index in [1.165, 1.54) is 0 Å². The van der Waals surface area contributed by atoms with Gasteiger partial charge in [0.1, 0.15) is 23.0 Å². The lowest BCUT2D eigenvalue weighted by molar-refractivity contribution is -0.122. The van der Waals surface area contributed by atoms with Crippen LogP contribution >= 0.6 is 0 Å². The highest BCUT2D eigenvalue weighted by atomic mass is 16.3. The van der Waals surface area contributed by atoms with Gasteiger partial charge >= 0.3 is 0 Å². The van der Waals surface area contributed by atoms with Crippen molar-refractivity contribution < 1.29 is 39.6 Å². The maximum Gasteiger partial charge on any atom is 0.220 e. The van der Waals surface area contributed by atoms with E-state index in [1.54, 1.807) is 0 Å². The molecule has 0 aromatic heterocycles. The molecule has 0 fully saturated rings. The van der Waals surface area contributed by atoms with Crippen molar-refractivity contribution in [2.45, 2.75) is 293 Å². The van der Waals surface area contributed by atoms with Crippen molar-refractivity contribution >= 4 is 23.6 Å². The molecule has 0 saturated heterocycles. The number of benzene rings is 4. The molecule has 0 saturated carbocycles. The van der Waals surface area contributed by atoms with E-state index >= 15 is 0 Å². The normalized spacial score (nSPS) is 12.7. The van der Waals surface area contributed by atoms with Gasteiger partial charge in [-0.3, -0.25) is 19.2 Å². The summed E-state index contributed by atoms with van der Waals surface area (Å²) in [5.74, 6) is 1.49. The molecule has 89 heavy (non-hydrogen) atoms. The second-order valence-corrected chi connectivity index (χ2v) is 33.3. The maximum atomic E-state index is 12.6. The number of nitrogens with one attached hydrogen (secondary N) is 4. The second-order valence-electron chi connectivity index (χ2n) is 33.3. The Morgan fingerprint density at radius 2 is 0.404 bits per heavy atom. The number of hydrogen-bond donors (Lipinski definition) is 8. The molecule has 4 aromatic carbocycles. The van der Waals surface area contributed by atoms with Gasteiger partial charge in [-0.05, 0) is 155 Å². The van der Waals surface area contributed by atoms with Crippen LogP contribution in [0.1, 0.15) is 291 Å². The average molecular weight is 1230 g/mol. The van der Waals surface area contributed by atoms with Gasteiger partial charge in [-0.1, -0.05) is 228 Å². The molecule has 0 aliphatic heterocycles.